The molecule has 19 atom stereocenters. The molecule has 4 aliphatic heterocycles. The zero-order valence-corrected chi connectivity index (χ0v) is 43.9. The second-order valence-electron chi connectivity index (χ2n) is 21.3. The van der Waals surface area contributed by atoms with Crippen LogP contribution in [0.25, 0.3) is 22.4 Å². The number of nitrogens with zero attached hydrogens (tertiary/aromatic N) is 9. The Morgan fingerprint density at radius 1 is 0.650 bits per heavy atom. The van der Waals surface area contributed by atoms with Crippen molar-refractivity contribution in [2.24, 2.45) is 34.4 Å². The van der Waals surface area contributed by atoms with Gasteiger partial charge in [-0.25, -0.2) is 14.3 Å². The van der Waals surface area contributed by atoms with Gasteiger partial charge in [0.2, 0.25) is 0 Å². The first-order valence-electron chi connectivity index (χ1n) is 26.9. The zero-order chi connectivity index (χ0) is 55.6. The number of anilines is 1. The number of nitrogens with one attached hydrogen (secondary N) is 1. The van der Waals surface area contributed by atoms with Crippen molar-refractivity contribution in [2.75, 3.05) is 57.8 Å². The Morgan fingerprint density at radius 2 is 1.24 bits per heavy atom. The molecule has 5 aromatic rings. The lowest BCUT2D eigenvalue weighted by molar-refractivity contribution is -0.306. The minimum atomic E-state index is -1.62. The van der Waals surface area contributed by atoms with Crippen LogP contribution in [0.4, 0.5) is 5.69 Å². The number of rotatable bonds is 20. The van der Waals surface area contributed by atoms with E-state index in [4.69, 9.17) is 72.5 Å². The molecule has 80 heavy (non-hydrogen) atoms. The molecule has 5 fully saturated rings. The molecule has 0 spiro atoms. The maximum Gasteiger partial charge on any atom is 0.187 e. The van der Waals surface area contributed by atoms with Crippen LogP contribution in [0.5, 0.6) is 5.75 Å². The monoisotopic (exact) mass is 1120 g/mol. The fraction of sp³-hybridized carbons (Fsp3) is 0.667. The van der Waals surface area contributed by atoms with E-state index in [1.165, 1.54) is 10.4 Å². The van der Waals surface area contributed by atoms with Gasteiger partial charge < -0.3 is 113 Å². The van der Waals surface area contributed by atoms with Crippen molar-refractivity contribution in [2.45, 2.75) is 162 Å². The summed E-state index contributed by atoms with van der Waals surface area (Å²) in [6, 6.07) is 9.89. The van der Waals surface area contributed by atoms with Gasteiger partial charge in [-0.15, -0.1) is 10.2 Å². The minimum absolute atomic E-state index is 0. The van der Waals surface area contributed by atoms with Gasteiger partial charge in [0.25, 0.3) is 0 Å². The van der Waals surface area contributed by atoms with Crippen molar-refractivity contribution in [1.29, 1.82) is 0 Å². The molecule has 2 aromatic carbocycles. The van der Waals surface area contributed by atoms with E-state index in [-0.39, 0.29) is 33.5 Å². The van der Waals surface area contributed by atoms with Gasteiger partial charge in [-0.3, -0.25) is 0 Å². The third kappa shape index (κ3) is 13.1. The van der Waals surface area contributed by atoms with Crippen LogP contribution in [0.1, 0.15) is 31.7 Å². The smallest absolute Gasteiger partial charge is 0.187 e. The molecule has 442 valence electrons. The molecule has 7 heterocycles. The van der Waals surface area contributed by atoms with E-state index in [1.54, 1.807) is 10.9 Å². The van der Waals surface area contributed by atoms with E-state index in [2.05, 4.69) is 60.7 Å². The topological polar surface area (TPSA) is 439 Å². The number of imidazole rings is 1. The van der Waals surface area contributed by atoms with Gasteiger partial charge in [0.1, 0.15) is 85.3 Å². The van der Waals surface area contributed by atoms with E-state index in [0.29, 0.717) is 38.1 Å². The van der Waals surface area contributed by atoms with E-state index >= 15 is 0 Å². The van der Waals surface area contributed by atoms with Gasteiger partial charge in [-0.1, -0.05) is 17.9 Å². The lowest BCUT2D eigenvalue weighted by Gasteiger charge is -2.47. The fourth-order valence-corrected chi connectivity index (χ4v) is 10.8. The Labute approximate surface area is 462 Å². The first-order valence-corrected chi connectivity index (χ1v) is 26.9. The maximum absolute atomic E-state index is 11.9. The fourth-order valence-electron chi connectivity index (χ4n) is 10.8. The highest BCUT2D eigenvalue weighted by Gasteiger charge is 2.54. The Hall–Kier alpha value is -4.97. The zero-order valence-electron chi connectivity index (χ0n) is 43.9. The molecular formula is C51H80N16O13. The number of piperazine rings is 1. The molecule has 19 N–H and O–H groups in total. The van der Waals surface area contributed by atoms with Gasteiger partial charge >= 0.3 is 0 Å². The number of aryl methyl sites for hydroxylation is 2. The van der Waals surface area contributed by atoms with Crippen LogP contribution < -0.4 is 44.0 Å². The molecule has 0 amide bonds. The van der Waals surface area contributed by atoms with E-state index < -0.39 is 116 Å². The van der Waals surface area contributed by atoms with E-state index in [1.807, 2.05) is 30.5 Å². The number of hydrogen-bond donors (Lipinski definition) is 13. The molecule has 29 heteroatoms. The third-order valence-electron chi connectivity index (χ3n) is 15.6. The Bertz CT molecular complexity index is 2730. The van der Waals surface area contributed by atoms with Crippen molar-refractivity contribution in [3.8, 4) is 17.1 Å². The van der Waals surface area contributed by atoms with Crippen molar-refractivity contribution >= 4 is 16.7 Å². The normalized spacial score (nSPS) is 35.2. The number of hydrogen-bond acceptors (Lipinski definition) is 26. The molecule has 7 unspecified atom stereocenters. The Morgan fingerprint density at radius 3 is 1.88 bits per heavy atom. The molecule has 29 nitrogen and oxygen atoms in total. The number of fused-ring (bicyclic) bond motifs is 1. The van der Waals surface area contributed by atoms with Crippen LogP contribution in [-0.2, 0) is 54.4 Å². The summed E-state index contributed by atoms with van der Waals surface area (Å²) in [5, 5.41) is 83.2. The molecule has 1 saturated carbocycles. The molecule has 0 bridgehead atoms. The van der Waals surface area contributed by atoms with Gasteiger partial charge in [0.05, 0.1) is 53.7 Å². The second kappa shape index (κ2) is 26.1. The van der Waals surface area contributed by atoms with Crippen LogP contribution in [0.15, 0.2) is 54.9 Å². The molecule has 0 radical (unpaired) electrons. The summed E-state index contributed by atoms with van der Waals surface area (Å²) >= 11 is 0. The first-order chi connectivity index (χ1) is 38.0. The van der Waals surface area contributed by atoms with Crippen LogP contribution in [0, 0.1) is 0 Å². The number of H-pyrrole nitrogens is 1. The van der Waals surface area contributed by atoms with Gasteiger partial charge in [-0.05, 0) is 75.2 Å². The summed E-state index contributed by atoms with van der Waals surface area (Å²) in [7, 11) is 2.15. The van der Waals surface area contributed by atoms with Crippen LogP contribution in [-0.4, -0.2) is 245 Å². The summed E-state index contributed by atoms with van der Waals surface area (Å²) < 4.78 is 46.1. The average Bonchev–Trinajstić information content (AvgIpc) is 4.33. The van der Waals surface area contributed by atoms with Crippen LogP contribution >= 0.6 is 0 Å². The number of likely N-dealkylation sites (N-methyl/N-ethyl adjacent to an activating group) is 1. The van der Waals surface area contributed by atoms with Crippen molar-refractivity contribution in [1.82, 2.24) is 44.9 Å². The number of nitrogens with two attached hydrogens (primary N) is 6. The molecule has 1 aliphatic carbocycles. The second-order valence-corrected chi connectivity index (χ2v) is 21.3. The number of aromatic amines is 1. The van der Waals surface area contributed by atoms with Crippen molar-refractivity contribution in [3.63, 3.8) is 0 Å². The van der Waals surface area contributed by atoms with Crippen LogP contribution in [0.2, 0.25) is 0 Å². The van der Waals surface area contributed by atoms with Crippen molar-refractivity contribution < 1.29 is 63.8 Å². The number of aliphatic hydroxyl groups excluding tert-OH is 6. The average molecular weight is 1130 g/mol. The van der Waals surface area contributed by atoms with E-state index in [9.17, 15) is 30.6 Å². The summed E-state index contributed by atoms with van der Waals surface area (Å²) in [5.74, 6) is 1.52. The molecule has 4 saturated heterocycles. The quantitative estimate of drug-likeness (QED) is 0.0348. The first kappa shape index (κ1) is 59.6. The summed E-state index contributed by atoms with van der Waals surface area (Å²) in [5.41, 5.74) is 42.5. The SMILES string of the molecule is C.CN1CCN(c2ccc3nc(-c4ccc(OCCn5cc(CCCc6cn(C[C@H]7OC(O[C@@H]8C(O)[C@H](N)CC(N)[C@H]8O[C@H]8OC(CN)[C@@H](O)[C@H](O)C8N)[C@@H](O)[C@H]7O[C@H]7O[C@@H](CN)[C@@H](O)C(O)C7N)nn6)nn5)cc4)[nH]c3c2)CC1. The predicted molar refractivity (Wildman–Crippen MR) is 287 cm³/mol. The highest BCUT2D eigenvalue weighted by molar-refractivity contribution is 5.83. The standard InChI is InChI=1S/C50H76N16O13.CH4/c1-63-11-13-64(14-12-63)27-7-10-31-32(17-27)58-47(57-31)24-5-8-28(9-6-24)73-16-15-65-21-25(59-61-65)3-2-4-26-22-66(62-60-26)23-35-45(78-49-37(56)42(71)40(69)34(20-52)75-49)43(72)50(76-35)79-46-38(67)29(53)18-30(54)44(46)77-48-36(55)41(70)39(68)33(19-51)74-48;/h5-10,17,21-22,29-30,33-46,48-50,67-72H,2-4,11-16,18-20,23,51-56H2,1H3,(H,57,58);1H4/t29-,30?,33?,34+,35-,36?,37?,38?,39-,40-,41-,42?,43+,44-,45+,46-,48-,49-,50?;/m1./s1. The molecule has 5 aliphatic rings. The summed E-state index contributed by atoms with van der Waals surface area (Å²) in [4.78, 5) is 13.1. The molecule has 3 aromatic heterocycles. The largest absolute Gasteiger partial charge is 0.492 e. The molecule has 10 rings (SSSR count). The minimum Gasteiger partial charge on any atom is -0.492 e. The lowest BCUT2D eigenvalue weighted by Crippen LogP contribution is -2.68. The molecular weight excluding hydrogens is 1040 g/mol. The van der Waals surface area contributed by atoms with Gasteiger partial charge in [-0.2, -0.15) is 0 Å². The Kier molecular flexibility index (Phi) is 19.4. The number of ether oxygens (including phenoxy) is 7. The highest BCUT2D eigenvalue weighted by atomic mass is 16.8. The maximum atomic E-state index is 11.9. The lowest BCUT2D eigenvalue weighted by atomic mass is 9.84. The summed E-state index contributed by atoms with van der Waals surface area (Å²) in [6.07, 6.45) is -14.7. The van der Waals surface area contributed by atoms with Crippen LogP contribution in [0.3, 0.4) is 0 Å². The number of aliphatic hydroxyl groups is 6. The number of benzene rings is 2. The van der Waals surface area contributed by atoms with Crippen molar-refractivity contribution in [3.05, 3.63) is 66.2 Å². The van der Waals surface area contributed by atoms with Gasteiger partial charge in [0, 0.05) is 75.0 Å². The third-order valence-corrected chi connectivity index (χ3v) is 15.6. The van der Waals surface area contributed by atoms with Gasteiger partial charge in [0.15, 0.2) is 18.9 Å². The number of aromatic nitrogens is 8. The van der Waals surface area contributed by atoms with E-state index in [0.717, 1.165) is 60.0 Å². The Balaban J connectivity index is 0.00000774. The highest BCUT2D eigenvalue weighted by Crippen LogP contribution is 2.35. The predicted octanol–water partition coefficient (Wildman–Crippen LogP) is -4.82. The summed E-state index contributed by atoms with van der Waals surface area (Å²) in [6.45, 7) is 4.53.